The van der Waals surface area contributed by atoms with E-state index in [0.717, 1.165) is 0 Å². The molecule has 0 aliphatic rings. The molecule has 6 nitrogen and oxygen atoms in total. The third-order valence-electron chi connectivity index (χ3n) is 3.08. The number of hydrogen-bond donors (Lipinski definition) is 1. The minimum Gasteiger partial charge on any atom is -0.467 e. The molecule has 0 fully saturated rings. The zero-order valence-corrected chi connectivity index (χ0v) is 12.0. The van der Waals surface area contributed by atoms with Crippen LogP contribution in [-0.2, 0) is 12.7 Å². The quantitative estimate of drug-likeness (QED) is 0.790. The van der Waals surface area contributed by atoms with Crippen molar-refractivity contribution in [2.24, 2.45) is 0 Å². The van der Waals surface area contributed by atoms with Gasteiger partial charge in [-0.3, -0.25) is 4.79 Å². The van der Waals surface area contributed by atoms with Gasteiger partial charge in [0.2, 0.25) is 5.82 Å². The highest BCUT2D eigenvalue weighted by molar-refractivity contribution is 5.94. The predicted molar refractivity (Wildman–Crippen MR) is 74.6 cm³/mol. The number of nitrogens with one attached hydrogen (secondary N) is 1. The molecule has 0 bridgehead atoms. The monoisotopic (exact) mass is 337 g/mol. The maximum atomic E-state index is 12.4. The van der Waals surface area contributed by atoms with E-state index < -0.39 is 12.1 Å². The number of alkyl halides is 3. The average Bonchev–Trinajstić information content (AvgIpc) is 3.23. The molecular weight excluding hydrogens is 327 g/mol. The molecule has 2 heterocycles. The second-order valence-corrected chi connectivity index (χ2v) is 4.76. The molecule has 9 heteroatoms. The van der Waals surface area contributed by atoms with Crippen molar-refractivity contribution in [3.8, 4) is 11.4 Å². The van der Waals surface area contributed by atoms with Crippen molar-refractivity contribution in [1.82, 2.24) is 15.5 Å². The van der Waals surface area contributed by atoms with Crippen LogP contribution in [0.5, 0.6) is 0 Å². The molecule has 0 spiro atoms. The molecule has 3 aromatic rings. The summed E-state index contributed by atoms with van der Waals surface area (Å²) in [6, 6.07) is 9.21. The summed E-state index contributed by atoms with van der Waals surface area (Å²) in [7, 11) is 0. The second-order valence-electron chi connectivity index (χ2n) is 4.76. The highest BCUT2D eigenvalue weighted by Crippen LogP contribution is 2.29. The fourth-order valence-electron chi connectivity index (χ4n) is 1.91. The van der Waals surface area contributed by atoms with E-state index in [1.54, 1.807) is 12.1 Å². The molecule has 3 rings (SSSR count). The van der Waals surface area contributed by atoms with Crippen molar-refractivity contribution in [3.05, 3.63) is 59.9 Å². The first-order valence-electron chi connectivity index (χ1n) is 6.75. The minimum atomic E-state index is -4.70. The minimum absolute atomic E-state index is 0.204. The van der Waals surface area contributed by atoms with Crippen molar-refractivity contribution < 1.29 is 26.9 Å². The first-order valence-corrected chi connectivity index (χ1v) is 6.75. The van der Waals surface area contributed by atoms with E-state index >= 15 is 0 Å². The van der Waals surface area contributed by atoms with Crippen LogP contribution in [0.2, 0.25) is 0 Å². The number of hydrogen-bond acceptors (Lipinski definition) is 5. The first-order chi connectivity index (χ1) is 11.4. The highest BCUT2D eigenvalue weighted by Gasteiger charge is 2.38. The molecule has 0 aliphatic carbocycles. The van der Waals surface area contributed by atoms with E-state index in [1.807, 2.05) is 0 Å². The molecule has 0 saturated heterocycles. The lowest BCUT2D eigenvalue weighted by Crippen LogP contribution is -2.22. The van der Waals surface area contributed by atoms with Crippen LogP contribution < -0.4 is 5.32 Å². The molecule has 0 atom stereocenters. The molecule has 0 radical (unpaired) electrons. The predicted octanol–water partition coefficient (Wildman–Crippen LogP) is 3.28. The Hall–Kier alpha value is -3.10. The summed E-state index contributed by atoms with van der Waals surface area (Å²) in [6.07, 6.45) is -3.20. The van der Waals surface area contributed by atoms with Gasteiger partial charge in [0.05, 0.1) is 12.8 Å². The molecule has 124 valence electrons. The van der Waals surface area contributed by atoms with Crippen molar-refractivity contribution in [3.63, 3.8) is 0 Å². The lowest BCUT2D eigenvalue weighted by Gasteiger charge is -2.03. The third-order valence-corrected chi connectivity index (χ3v) is 3.08. The normalized spacial score (nSPS) is 11.5. The molecule has 0 saturated carbocycles. The Morgan fingerprint density at radius 2 is 1.92 bits per heavy atom. The smallest absolute Gasteiger partial charge is 0.467 e. The number of carbonyl (C=O) groups is 1. The van der Waals surface area contributed by atoms with Crippen molar-refractivity contribution >= 4 is 5.91 Å². The Kier molecular flexibility index (Phi) is 4.07. The molecule has 0 unspecified atom stereocenters. The van der Waals surface area contributed by atoms with E-state index in [-0.39, 0.29) is 18.3 Å². The maximum Gasteiger partial charge on any atom is 0.471 e. The van der Waals surface area contributed by atoms with Crippen LogP contribution in [0, 0.1) is 0 Å². The van der Waals surface area contributed by atoms with Gasteiger partial charge in [-0.1, -0.05) is 17.3 Å². The Morgan fingerprint density at radius 3 is 2.50 bits per heavy atom. The van der Waals surface area contributed by atoms with Gasteiger partial charge >= 0.3 is 12.1 Å². The molecule has 1 aromatic carbocycles. The number of carbonyl (C=O) groups excluding carboxylic acids is 1. The molecular formula is C15H10F3N3O3. The van der Waals surface area contributed by atoms with Crippen LogP contribution in [0.25, 0.3) is 11.4 Å². The van der Waals surface area contributed by atoms with Gasteiger partial charge in [-0.2, -0.15) is 18.2 Å². The maximum absolute atomic E-state index is 12.4. The van der Waals surface area contributed by atoms with E-state index in [9.17, 15) is 18.0 Å². The van der Waals surface area contributed by atoms with E-state index in [0.29, 0.717) is 16.9 Å². The van der Waals surface area contributed by atoms with Gasteiger partial charge in [-0.25, -0.2) is 0 Å². The summed E-state index contributed by atoms with van der Waals surface area (Å²) in [5, 5.41) is 5.93. The molecule has 1 N–H and O–H groups in total. The molecule has 0 aliphatic heterocycles. The SMILES string of the molecule is O=C(NCc1ccco1)c1ccc(-c2noc(C(F)(F)F)n2)cc1. The lowest BCUT2D eigenvalue weighted by atomic mass is 10.1. The second kappa shape index (κ2) is 6.19. The van der Waals surface area contributed by atoms with Crippen LogP contribution in [-0.4, -0.2) is 16.0 Å². The van der Waals surface area contributed by atoms with Gasteiger partial charge in [-0.15, -0.1) is 0 Å². The summed E-state index contributed by atoms with van der Waals surface area (Å²) in [6.45, 7) is 0.230. The van der Waals surface area contributed by atoms with E-state index in [1.165, 1.54) is 30.5 Å². The standard InChI is InChI=1S/C15H10F3N3O3/c16-15(17,18)14-20-12(21-24-14)9-3-5-10(6-4-9)13(22)19-8-11-2-1-7-23-11/h1-7H,8H2,(H,19,22). The van der Waals surface area contributed by atoms with Crippen LogP contribution in [0.15, 0.2) is 51.6 Å². The summed E-state index contributed by atoms with van der Waals surface area (Å²) < 4.78 is 46.6. The first kappa shape index (κ1) is 15.8. The molecule has 24 heavy (non-hydrogen) atoms. The number of nitrogens with zero attached hydrogens (tertiary/aromatic N) is 2. The van der Waals surface area contributed by atoms with Crippen LogP contribution in [0.3, 0.4) is 0 Å². The highest BCUT2D eigenvalue weighted by atomic mass is 19.4. The summed E-state index contributed by atoms with van der Waals surface area (Å²) in [5.41, 5.74) is 0.640. The number of amides is 1. The van der Waals surface area contributed by atoms with Gasteiger partial charge in [0.1, 0.15) is 5.76 Å². The van der Waals surface area contributed by atoms with Crippen LogP contribution in [0.4, 0.5) is 13.2 Å². The number of aromatic nitrogens is 2. The number of rotatable bonds is 4. The average molecular weight is 337 g/mol. The lowest BCUT2D eigenvalue weighted by molar-refractivity contribution is -0.159. The number of furan rings is 1. The topological polar surface area (TPSA) is 81.2 Å². The van der Waals surface area contributed by atoms with Gasteiger partial charge in [0, 0.05) is 11.1 Å². The third kappa shape index (κ3) is 3.45. The summed E-state index contributed by atoms with van der Waals surface area (Å²) >= 11 is 0. The largest absolute Gasteiger partial charge is 0.471 e. The van der Waals surface area contributed by atoms with E-state index in [2.05, 4.69) is 20.0 Å². The van der Waals surface area contributed by atoms with Crippen molar-refractivity contribution in [2.45, 2.75) is 12.7 Å². The Bertz CT molecular complexity index is 824. The Labute approximate surface area is 133 Å². The van der Waals surface area contributed by atoms with Crippen molar-refractivity contribution in [1.29, 1.82) is 0 Å². The molecule has 1 amide bonds. The van der Waals surface area contributed by atoms with Gasteiger partial charge in [-0.05, 0) is 24.3 Å². The Morgan fingerprint density at radius 1 is 1.17 bits per heavy atom. The Balaban J connectivity index is 1.68. The number of halogens is 3. The van der Waals surface area contributed by atoms with Crippen molar-refractivity contribution in [2.75, 3.05) is 0 Å². The molecule has 2 aromatic heterocycles. The summed E-state index contributed by atoms with van der Waals surface area (Å²) in [5.74, 6) is -1.36. The number of benzene rings is 1. The van der Waals surface area contributed by atoms with Gasteiger partial charge < -0.3 is 14.3 Å². The van der Waals surface area contributed by atoms with Crippen LogP contribution in [0.1, 0.15) is 22.0 Å². The fourth-order valence-corrected chi connectivity index (χ4v) is 1.91. The fraction of sp³-hybridized carbons (Fsp3) is 0.133. The summed E-state index contributed by atoms with van der Waals surface area (Å²) in [4.78, 5) is 15.3. The zero-order valence-electron chi connectivity index (χ0n) is 12.0. The van der Waals surface area contributed by atoms with Gasteiger partial charge in [0.25, 0.3) is 5.91 Å². The van der Waals surface area contributed by atoms with Gasteiger partial charge in [0.15, 0.2) is 0 Å². The van der Waals surface area contributed by atoms with Crippen LogP contribution >= 0.6 is 0 Å². The zero-order chi connectivity index (χ0) is 17.2. The van der Waals surface area contributed by atoms with E-state index in [4.69, 9.17) is 4.42 Å².